The van der Waals surface area contributed by atoms with E-state index in [2.05, 4.69) is 4.98 Å². The number of hydrogen-bond acceptors (Lipinski definition) is 4. The second kappa shape index (κ2) is 5.24. The average Bonchev–Trinajstić information content (AvgIpc) is 2.32. The Balaban J connectivity index is 2.42. The first-order valence-electron chi connectivity index (χ1n) is 5.53. The number of rotatable bonds is 3. The van der Waals surface area contributed by atoms with Gasteiger partial charge in [-0.2, -0.15) is 4.98 Å². The van der Waals surface area contributed by atoms with Crippen molar-refractivity contribution in [3.05, 3.63) is 56.7 Å². The molecule has 6 heteroatoms. The van der Waals surface area contributed by atoms with Crippen molar-refractivity contribution in [3.8, 4) is 11.6 Å². The summed E-state index contributed by atoms with van der Waals surface area (Å²) in [6.45, 7) is 3.82. The third-order valence-corrected chi connectivity index (χ3v) is 2.75. The summed E-state index contributed by atoms with van der Waals surface area (Å²) < 4.78 is 5.50. The first-order chi connectivity index (χ1) is 8.97. The van der Waals surface area contributed by atoms with Gasteiger partial charge < -0.3 is 4.74 Å². The fourth-order valence-corrected chi connectivity index (χ4v) is 1.78. The van der Waals surface area contributed by atoms with Gasteiger partial charge in [0.05, 0.1) is 4.92 Å². The summed E-state index contributed by atoms with van der Waals surface area (Å²) in [7, 11) is 0. The molecule has 0 atom stereocenters. The molecular formula is C13H11ClN2O3. The van der Waals surface area contributed by atoms with Crippen molar-refractivity contribution >= 4 is 17.3 Å². The highest BCUT2D eigenvalue weighted by Gasteiger charge is 2.18. The molecule has 0 N–H and O–H groups in total. The van der Waals surface area contributed by atoms with E-state index in [1.54, 1.807) is 6.07 Å². The summed E-state index contributed by atoms with van der Waals surface area (Å²) in [4.78, 5) is 14.2. The van der Waals surface area contributed by atoms with Crippen LogP contribution in [0.15, 0.2) is 30.3 Å². The summed E-state index contributed by atoms with van der Waals surface area (Å²) in [5, 5.41) is 11.0. The Kier molecular flexibility index (Phi) is 3.66. The van der Waals surface area contributed by atoms with Crippen LogP contribution in [-0.2, 0) is 0 Å². The molecule has 0 saturated heterocycles. The highest BCUT2D eigenvalue weighted by atomic mass is 35.5. The van der Waals surface area contributed by atoms with E-state index in [1.807, 2.05) is 26.0 Å². The quantitative estimate of drug-likeness (QED) is 0.482. The molecule has 0 aliphatic carbocycles. The minimum atomic E-state index is -0.553. The van der Waals surface area contributed by atoms with E-state index < -0.39 is 4.92 Å². The van der Waals surface area contributed by atoms with Gasteiger partial charge in [-0.05, 0) is 31.5 Å². The second-order valence-corrected chi connectivity index (χ2v) is 4.47. The third kappa shape index (κ3) is 3.00. The Hall–Kier alpha value is -2.14. The molecule has 0 saturated carbocycles. The van der Waals surface area contributed by atoms with Crippen molar-refractivity contribution in [2.45, 2.75) is 13.8 Å². The summed E-state index contributed by atoms with van der Waals surface area (Å²) in [6.07, 6.45) is 0. The molecule has 0 bridgehead atoms. The van der Waals surface area contributed by atoms with E-state index >= 15 is 0 Å². The highest BCUT2D eigenvalue weighted by molar-refractivity contribution is 6.29. The maximum atomic E-state index is 10.9. The van der Waals surface area contributed by atoms with E-state index in [0.29, 0.717) is 5.75 Å². The van der Waals surface area contributed by atoms with Crippen molar-refractivity contribution in [1.82, 2.24) is 4.98 Å². The standard InChI is InChI=1S/C13H11ClN2O3/c1-8-3-5-11(9(2)7-8)19-13-10(16(17)18)4-6-12(14)15-13/h3-7H,1-2H3. The van der Waals surface area contributed by atoms with Crippen LogP contribution in [0, 0.1) is 24.0 Å². The summed E-state index contributed by atoms with van der Waals surface area (Å²) in [5.74, 6) is 0.410. The van der Waals surface area contributed by atoms with Gasteiger partial charge in [0, 0.05) is 6.07 Å². The maximum Gasteiger partial charge on any atom is 0.331 e. The van der Waals surface area contributed by atoms with E-state index in [-0.39, 0.29) is 16.7 Å². The fourth-order valence-electron chi connectivity index (χ4n) is 1.64. The van der Waals surface area contributed by atoms with Crippen molar-refractivity contribution < 1.29 is 9.66 Å². The van der Waals surface area contributed by atoms with Crippen LogP contribution in [0.2, 0.25) is 5.15 Å². The number of nitrogens with zero attached hydrogens (tertiary/aromatic N) is 2. The van der Waals surface area contributed by atoms with Gasteiger partial charge >= 0.3 is 11.6 Å². The van der Waals surface area contributed by atoms with Crippen LogP contribution in [0.1, 0.15) is 11.1 Å². The Morgan fingerprint density at radius 3 is 2.63 bits per heavy atom. The van der Waals surface area contributed by atoms with E-state index in [1.165, 1.54) is 12.1 Å². The van der Waals surface area contributed by atoms with Crippen molar-refractivity contribution in [2.75, 3.05) is 0 Å². The Morgan fingerprint density at radius 2 is 2.00 bits per heavy atom. The lowest BCUT2D eigenvalue weighted by Crippen LogP contribution is -1.97. The number of benzene rings is 1. The zero-order valence-electron chi connectivity index (χ0n) is 10.4. The van der Waals surface area contributed by atoms with Gasteiger partial charge in [-0.3, -0.25) is 10.1 Å². The number of pyridine rings is 1. The number of halogens is 1. The van der Waals surface area contributed by atoms with Crippen LogP contribution in [0.4, 0.5) is 5.69 Å². The monoisotopic (exact) mass is 278 g/mol. The number of hydrogen-bond donors (Lipinski definition) is 0. The summed E-state index contributed by atoms with van der Waals surface area (Å²) in [5.41, 5.74) is 1.74. The Bertz CT molecular complexity index is 644. The normalized spacial score (nSPS) is 10.3. The molecule has 19 heavy (non-hydrogen) atoms. The molecule has 0 fully saturated rings. The van der Waals surface area contributed by atoms with Crippen LogP contribution in [0.25, 0.3) is 0 Å². The van der Waals surface area contributed by atoms with Crippen LogP contribution < -0.4 is 4.74 Å². The highest BCUT2D eigenvalue weighted by Crippen LogP contribution is 2.32. The lowest BCUT2D eigenvalue weighted by molar-refractivity contribution is -0.386. The Labute approximate surface area is 115 Å². The van der Waals surface area contributed by atoms with Crippen LogP contribution >= 0.6 is 11.6 Å². The summed E-state index contributed by atoms with van der Waals surface area (Å²) >= 11 is 5.74. The molecule has 1 aromatic heterocycles. The van der Waals surface area contributed by atoms with Gasteiger partial charge in [-0.1, -0.05) is 29.3 Å². The van der Waals surface area contributed by atoms with Gasteiger partial charge in [0.1, 0.15) is 10.9 Å². The first-order valence-corrected chi connectivity index (χ1v) is 5.91. The first kappa shape index (κ1) is 13.3. The Morgan fingerprint density at radius 1 is 1.26 bits per heavy atom. The molecule has 2 aromatic rings. The second-order valence-electron chi connectivity index (χ2n) is 4.09. The fraction of sp³-hybridized carbons (Fsp3) is 0.154. The smallest absolute Gasteiger partial charge is 0.331 e. The van der Waals surface area contributed by atoms with Gasteiger partial charge in [0.25, 0.3) is 0 Å². The third-order valence-electron chi connectivity index (χ3n) is 2.54. The van der Waals surface area contributed by atoms with E-state index in [9.17, 15) is 10.1 Å². The minimum absolute atomic E-state index is 0.107. The molecule has 1 heterocycles. The molecule has 0 unspecified atom stereocenters. The molecule has 0 amide bonds. The van der Waals surface area contributed by atoms with Crippen LogP contribution in [0.5, 0.6) is 11.6 Å². The predicted octanol–water partition coefficient (Wildman–Crippen LogP) is 4.05. The molecule has 2 rings (SSSR count). The average molecular weight is 279 g/mol. The van der Waals surface area contributed by atoms with Crippen LogP contribution in [0.3, 0.4) is 0 Å². The number of nitro groups is 1. The topological polar surface area (TPSA) is 65.3 Å². The van der Waals surface area contributed by atoms with Crippen molar-refractivity contribution in [3.63, 3.8) is 0 Å². The molecule has 0 radical (unpaired) electrons. The predicted molar refractivity (Wildman–Crippen MR) is 71.9 cm³/mol. The largest absolute Gasteiger partial charge is 0.433 e. The molecule has 0 aliphatic heterocycles. The summed E-state index contributed by atoms with van der Waals surface area (Å²) in [6, 6.07) is 8.16. The number of aromatic nitrogens is 1. The lowest BCUT2D eigenvalue weighted by atomic mass is 10.1. The van der Waals surface area contributed by atoms with Gasteiger partial charge in [-0.25, -0.2) is 0 Å². The molecule has 98 valence electrons. The van der Waals surface area contributed by atoms with Gasteiger partial charge in [0.2, 0.25) is 0 Å². The van der Waals surface area contributed by atoms with Gasteiger partial charge in [0.15, 0.2) is 0 Å². The van der Waals surface area contributed by atoms with Gasteiger partial charge in [-0.15, -0.1) is 0 Å². The molecule has 5 nitrogen and oxygen atoms in total. The minimum Gasteiger partial charge on any atom is -0.433 e. The zero-order chi connectivity index (χ0) is 14.0. The number of ether oxygens (including phenoxy) is 1. The zero-order valence-corrected chi connectivity index (χ0v) is 11.1. The van der Waals surface area contributed by atoms with Crippen molar-refractivity contribution in [2.24, 2.45) is 0 Å². The maximum absolute atomic E-state index is 10.9. The van der Waals surface area contributed by atoms with Crippen LogP contribution in [-0.4, -0.2) is 9.91 Å². The lowest BCUT2D eigenvalue weighted by Gasteiger charge is -2.08. The molecule has 1 aromatic carbocycles. The van der Waals surface area contributed by atoms with E-state index in [4.69, 9.17) is 16.3 Å². The van der Waals surface area contributed by atoms with Crippen molar-refractivity contribution in [1.29, 1.82) is 0 Å². The number of aryl methyl sites for hydroxylation is 2. The molecular weight excluding hydrogens is 268 g/mol. The SMILES string of the molecule is Cc1ccc(Oc2nc(Cl)ccc2[N+](=O)[O-])c(C)c1. The molecule has 0 aliphatic rings. The van der Waals surface area contributed by atoms with E-state index in [0.717, 1.165) is 11.1 Å². The molecule has 0 spiro atoms.